The van der Waals surface area contributed by atoms with Gasteiger partial charge in [0.05, 0.1) is 12.7 Å². The van der Waals surface area contributed by atoms with E-state index in [0.717, 1.165) is 24.0 Å². The van der Waals surface area contributed by atoms with Crippen molar-refractivity contribution in [2.24, 2.45) is 9.50 Å². The minimum absolute atomic E-state index is 0.103. The molecule has 5 rings (SSSR count). The number of hydrogen-bond donors (Lipinski definition) is 2. The van der Waals surface area contributed by atoms with Crippen molar-refractivity contribution in [3.63, 3.8) is 0 Å². The van der Waals surface area contributed by atoms with Crippen LogP contribution in [-0.4, -0.2) is 26.1 Å². The van der Waals surface area contributed by atoms with Gasteiger partial charge < -0.3 is 10.1 Å². The van der Waals surface area contributed by atoms with Gasteiger partial charge in [0.1, 0.15) is 16.8 Å². The fourth-order valence-corrected chi connectivity index (χ4v) is 5.61. The number of ether oxygens (including phenoxy) is 1. The molecule has 2 amide bonds. The SMILES string of the molecule is C[C@@H]1Cn2ncc([S@@](N)(=O)=NC(=O)Nc3c4c(c(F)c5c3CCC5)CCC4)c2O1. The van der Waals surface area contributed by atoms with Crippen molar-refractivity contribution in [3.8, 4) is 5.88 Å². The highest BCUT2D eigenvalue weighted by atomic mass is 32.2. The molecule has 1 aromatic carbocycles. The molecule has 10 heteroatoms. The average molecular weight is 419 g/mol. The van der Waals surface area contributed by atoms with E-state index < -0.39 is 15.9 Å². The quantitative estimate of drug-likeness (QED) is 0.779. The van der Waals surface area contributed by atoms with Gasteiger partial charge in [-0.05, 0) is 67.7 Å². The smallest absolute Gasteiger partial charge is 0.354 e. The molecule has 29 heavy (non-hydrogen) atoms. The highest BCUT2D eigenvalue weighted by Crippen LogP contribution is 2.41. The number of carbonyl (C=O) groups excluding carboxylic acids is 1. The third-order valence-electron chi connectivity index (χ3n) is 5.84. The number of anilines is 1. The molecule has 8 nitrogen and oxygen atoms in total. The molecule has 2 atom stereocenters. The van der Waals surface area contributed by atoms with Crippen LogP contribution >= 0.6 is 0 Å². The monoisotopic (exact) mass is 419 g/mol. The number of amides is 2. The van der Waals surface area contributed by atoms with Gasteiger partial charge in [-0.2, -0.15) is 5.10 Å². The van der Waals surface area contributed by atoms with Crippen molar-refractivity contribution in [2.75, 3.05) is 5.32 Å². The summed E-state index contributed by atoms with van der Waals surface area (Å²) in [7, 11) is -3.54. The fourth-order valence-electron chi connectivity index (χ4n) is 4.62. The second-order valence-electron chi connectivity index (χ2n) is 7.82. The van der Waals surface area contributed by atoms with Gasteiger partial charge in [-0.3, -0.25) is 0 Å². The van der Waals surface area contributed by atoms with E-state index in [0.29, 0.717) is 49.0 Å². The Morgan fingerprint density at radius 3 is 2.55 bits per heavy atom. The van der Waals surface area contributed by atoms with Gasteiger partial charge in [0.25, 0.3) is 0 Å². The molecule has 1 aliphatic heterocycles. The van der Waals surface area contributed by atoms with Crippen LogP contribution in [0.4, 0.5) is 14.9 Å². The zero-order chi connectivity index (χ0) is 20.3. The molecule has 0 saturated heterocycles. The number of hydrogen-bond acceptors (Lipinski definition) is 4. The van der Waals surface area contributed by atoms with Gasteiger partial charge in [0.15, 0.2) is 9.92 Å². The highest BCUT2D eigenvalue weighted by Gasteiger charge is 2.31. The van der Waals surface area contributed by atoms with E-state index in [1.165, 1.54) is 6.20 Å². The van der Waals surface area contributed by atoms with Crippen LogP contribution in [0.15, 0.2) is 15.5 Å². The lowest BCUT2D eigenvalue weighted by Gasteiger charge is -2.16. The third kappa shape index (κ3) is 2.93. The van der Waals surface area contributed by atoms with Gasteiger partial charge >= 0.3 is 6.03 Å². The van der Waals surface area contributed by atoms with E-state index in [4.69, 9.17) is 9.88 Å². The first-order valence-corrected chi connectivity index (χ1v) is 11.4. The van der Waals surface area contributed by atoms with Gasteiger partial charge in [0, 0.05) is 5.69 Å². The van der Waals surface area contributed by atoms with Gasteiger partial charge in [-0.15, -0.1) is 4.36 Å². The summed E-state index contributed by atoms with van der Waals surface area (Å²) in [6, 6.07) is -0.807. The molecule has 0 fully saturated rings. The summed E-state index contributed by atoms with van der Waals surface area (Å²) in [5, 5.41) is 12.8. The highest BCUT2D eigenvalue weighted by molar-refractivity contribution is 7.91. The van der Waals surface area contributed by atoms with Crippen LogP contribution in [0, 0.1) is 5.82 Å². The summed E-state index contributed by atoms with van der Waals surface area (Å²) in [4.78, 5) is 12.8. The molecule has 3 N–H and O–H groups in total. The zero-order valence-corrected chi connectivity index (χ0v) is 16.9. The standard InChI is InChI=1S/C19H22FN5O3S/c1-10-9-25-18(28-10)15(8-22-25)29(21,27)24-19(26)23-17-13-6-2-4-11(13)16(20)12-5-3-7-14(12)17/h8,10H,2-7,9H2,1H3,(H3,21,23,24,26,27)/t10-,29+/m1/s1. The number of fused-ring (bicyclic) bond motifs is 3. The zero-order valence-electron chi connectivity index (χ0n) is 16.0. The van der Waals surface area contributed by atoms with E-state index in [1.54, 1.807) is 4.68 Å². The fraction of sp³-hybridized carbons (Fsp3) is 0.474. The average Bonchev–Trinajstić information content (AvgIpc) is 3.40. The maximum atomic E-state index is 14.8. The van der Waals surface area contributed by atoms with Crippen LogP contribution in [-0.2, 0) is 42.1 Å². The number of nitrogens with zero attached hydrogens (tertiary/aromatic N) is 3. The molecule has 0 radical (unpaired) electrons. The van der Waals surface area contributed by atoms with E-state index in [-0.39, 0.29) is 22.7 Å². The lowest BCUT2D eigenvalue weighted by atomic mass is 9.98. The second-order valence-corrected chi connectivity index (χ2v) is 9.58. The van der Waals surface area contributed by atoms with E-state index in [2.05, 4.69) is 14.8 Å². The molecule has 2 aromatic rings. The first-order chi connectivity index (χ1) is 13.8. The molecule has 0 spiro atoms. The minimum Gasteiger partial charge on any atom is -0.472 e. The number of urea groups is 1. The summed E-state index contributed by atoms with van der Waals surface area (Å²) in [6.07, 6.45) is 5.65. The Labute approximate surface area is 167 Å². The minimum atomic E-state index is -3.54. The second kappa shape index (κ2) is 6.53. The van der Waals surface area contributed by atoms with Crippen molar-refractivity contribution >= 4 is 21.6 Å². The largest absolute Gasteiger partial charge is 0.472 e. The predicted molar refractivity (Wildman–Crippen MR) is 105 cm³/mol. The number of aromatic nitrogens is 2. The van der Waals surface area contributed by atoms with Crippen LogP contribution in [0.3, 0.4) is 0 Å². The number of benzene rings is 1. The molecule has 1 aromatic heterocycles. The summed E-state index contributed by atoms with van der Waals surface area (Å²) in [5.41, 5.74) is 3.66. The van der Waals surface area contributed by atoms with Crippen LogP contribution in [0.5, 0.6) is 5.88 Å². The number of nitrogens with one attached hydrogen (secondary N) is 1. The Hall–Kier alpha value is -2.46. The maximum Gasteiger partial charge on any atom is 0.354 e. The van der Waals surface area contributed by atoms with E-state index in [9.17, 15) is 13.4 Å². The molecule has 2 aliphatic carbocycles. The van der Waals surface area contributed by atoms with Crippen LogP contribution in [0.1, 0.15) is 42.0 Å². The summed E-state index contributed by atoms with van der Waals surface area (Å²) in [5.74, 6) is 0.161. The Morgan fingerprint density at radius 2 is 1.90 bits per heavy atom. The predicted octanol–water partition coefficient (Wildman–Crippen LogP) is 2.71. The number of halogens is 1. The summed E-state index contributed by atoms with van der Waals surface area (Å²) < 4.78 is 38.7. The molecular formula is C19H22FN5O3S. The van der Waals surface area contributed by atoms with E-state index >= 15 is 0 Å². The molecular weight excluding hydrogens is 397 g/mol. The first kappa shape index (κ1) is 18.6. The molecule has 0 bridgehead atoms. The molecule has 0 saturated carbocycles. The van der Waals surface area contributed by atoms with Crippen molar-refractivity contribution in [1.82, 2.24) is 9.78 Å². The molecule has 2 heterocycles. The van der Waals surface area contributed by atoms with Crippen molar-refractivity contribution in [2.45, 2.75) is 63.0 Å². The molecule has 0 unspecified atom stereocenters. The topological polar surface area (TPSA) is 112 Å². The Bertz CT molecular complexity index is 1130. The van der Waals surface area contributed by atoms with Crippen molar-refractivity contribution < 1.29 is 18.1 Å². The first-order valence-electron chi connectivity index (χ1n) is 9.78. The number of carbonyl (C=O) groups is 1. The van der Waals surface area contributed by atoms with Gasteiger partial charge in [-0.1, -0.05) is 0 Å². The van der Waals surface area contributed by atoms with Crippen LogP contribution in [0.25, 0.3) is 0 Å². The van der Waals surface area contributed by atoms with Crippen molar-refractivity contribution in [3.05, 3.63) is 34.3 Å². The van der Waals surface area contributed by atoms with Crippen LogP contribution in [0.2, 0.25) is 0 Å². The summed E-state index contributed by atoms with van der Waals surface area (Å²) in [6.45, 7) is 2.38. The van der Waals surface area contributed by atoms with Gasteiger partial charge in [-0.25, -0.2) is 23.2 Å². The Balaban J connectivity index is 1.50. The normalized spacial score (nSPS) is 21.1. The van der Waals surface area contributed by atoms with E-state index in [1.807, 2.05) is 6.92 Å². The Morgan fingerprint density at radius 1 is 1.28 bits per heavy atom. The lowest BCUT2D eigenvalue weighted by Crippen LogP contribution is -2.19. The molecule has 3 aliphatic rings. The molecule has 154 valence electrons. The van der Waals surface area contributed by atoms with Crippen LogP contribution < -0.4 is 15.2 Å². The lowest BCUT2D eigenvalue weighted by molar-refractivity contribution is 0.248. The maximum absolute atomic E-state index is 14.8. The Kier molecular flexibility index (Phi) is 4.18. The summed E-state index contributed by atoms with van der Waals surface area (Å²) >= 11 is 0. The van der Waals surface area contributed by atoms with Gasteiger partial charge in [0.2, 0.25) is 5.88 Å². The number of rotatable bonds is 2. The van der Waals surface area contributed by atoms with Crippen molar-refractivity contribution in [1.29, 1.82) is 0 Å². The number of nitrogens with two attached hydrogens (primary N) is 1. The third-order valence-corrected chi connectivity index (χ3v) is 7.18.